The molecule has 1 amide bonds. The molecule has 1 aromatic carbocycles. The Morgan fingerprint density at radius 3 is 2.72 bits per heavy atom. The predicted octanol–water partition coefficient (Wildman–Crippen LogP) is 2.61. The fraction of sp³-hybridized carbons (Fsp3) is 0.143. The second-order valence-corrected chi connectivity index (χ2v) is 4.49. The summed E-state index contributed by atoms with van der Waals surface area (Å²) in [6.45, 7) is 2.40. The number of benzene rings is 1. The van der Waals surface area contributed by atoms with Crippen LogP contribution in [0.25, 0.3) is 0 Å². The maximum Gasteiger partial charge on any atom is 0.252 e. The summed E-state index contributed by atoms with van der Waals surface area (Å²) in [6.07, 6.45) is 1.77. The largest absolute Gasteiger partial charge is 0.348 e. The molecule has 0 bridgehead atoms. The van der Waals surface area contributed by atoms with Gasteiger partial charge in [0.2, 0.25) is 0 Å². The average molecular weight is 258 g/mol. The Balaban J connectivity index is 2.01. The van der Waals surface area contributed by atoms with Gasteiger partial charge < -0.3 is 5.32 Å². The van der Waals surface area contributed by atoms with Gasteiger partial charge in [-0.1, -0.05) is 18.2 Å². The van der Waals surface area contributed by atoms with E-state index in [-0.39, 0.29) is 5.91 Å². The highest BCUT2D eigenvalue weighted by Gasteiger charge is 2.07. The van der Waals surface area contributed by atoms with Crippen molar-refractivity contribution in [2.45, 2.75) is 18.4 Å². The van der Waals surface area contributed by atoms with Crippen LogP contribution in [0.1, 0.15) is 21.6 Å². The highest BCUT2D eigenvalue weighted by atomic mass is 32.1. The first kappa shape index (κ1) is 12.6. The van der Waals surface area contributed by atoms with Gasteiger partial charge in [0.05, 0.1) is 5.56 Å². The van der Waals surface area contributed by atoms with Gasteiger partial charge in [0, 0.05) is 23.3 Å². The molecule has 2 rings (SSSR count). The van der Waals surface area contributed by atoms with Crippen molar-refractivity contribution in [3.8, 4) is 0 Å². The van der Waals surface area contributed by atoms with Gasteiger partial charge in [-0.2, -0.15) is 0 Å². The Labute approximate surface area is 112 Å². The van der Waals surface area contributed by atoms with Crippen LogP contribution in [-0.2, 0) is 6.54 Å². The van der Waals surface area contributed by atoms with Gasteiger partial charge in [0.25, 0.3) is 5.91 Å². The highest BCUT2D eigenvalue weighted by molar-refractivity contribution is 7.80. The summed E-state index contributed by atoms with van der Waals surface area (Å²) >= 11 is 4.26. The minimum Gasteiger partial charge on any atom is -0.348 e. The highest BCUT2D eigenvalue weighted by Crippen LogP contribution is 2.12. The first-order chi connectivity index (χ1) is 8.66. The summed E-state index contributed by atoms with van der Waals surface area (Å²) in [4.78, 5) is 16.8. The van der Waals surface area contributed by atoms with Crippen molar-refractivity contribution in [3.05, 3.63) is 59.4 Å². The molecule has 0 saturated heterocycles. The molecular formula is C14H14N2OS. The molecule has 0 atom stereocenters. The maximum atomic E-state index is 11.9. The van der Waals surface area contributed by atoms with Crippen molar-refractivity contribution in [1.29, 1.82) is 0 Å². The molecule has 3 nitrogen and oxygen atoms in total. The molecule has 0 spiro atoms. The van der Waals surface area contributed by atoms with Crippen molar-refractivity contribution < 1.29 is 4.79 Å². The molecule has 0 fully saturated rings. The minimum atomic E-state index is -0.124. The van der Waals surface area contributed by atoms with Gasteiger partial charge in [-0.05, 0) is 30.7 Å². The zero-order valence-corrected chi connectivity index (χ0v) is 10.9. The molecule has 1 aromatic heterocycles. The molecule has 18 heavy (non-hydrogen) atoms. The number of thiol groups is 1. The van der Waals surface area contributed by atoms with Crippen molar-refractivity contribution in [1.82, 2.24) is 10.3 Å². The number of carbonyl (C=O) groups is 1. The fourth-order valence-electron chi connectivity index (χ4n) is 1.55. The molecule has 0 aliphatic heterocycles. The topological polar surface area (TPSA) is 42.0 Å². The third-order valence-electron chi connectivity index (χ3n) is 2.57. The van der Waals surface area contributed by atoms with Crippen LogP contribution in [-0.4, -0.2) is 10.9 Å². The van der Waals surface area contributed by atoms with E-state index in [2.05, 4.69) is 22.9 Å². The summed E-state index contributed by atoms with van der Waals surface area (Å²) in [5.41, 5.74) is 2.53. The zero-order valence-electron chi connectivity index (χ0n) is 10.1. The molecular weight excluding hydrogens is 244 g/mol. The normalized spacial score (nSPS) is 10.1. The first-order valence-electron chi connectivity index (χ1n) is 5.64. The number of hydrogen-bond acceptors (Lipinski definition) is 3. The number of hydrogen-bond donors (Lipinski definition) is 2. The lowest BCUT2D eigenvalue weighted by molar-refractivity contribution is 0.0948. The quantitative estimate of drug-likeness (QED) is 0.831. The minimum absolute atomic E-state index is 0.124. The lowest BCUT2D eigenvalue weighted by atomic mass is 10.2. The van der Waals surface area contributed by atoms with E-state index in [1.807, 2.05) is 31.2 Å². The van der Waals surface area contributed by atoms with Gasteiger partial charge in [-0.3, -0.25) is 9.78 Å². The molecule has 0 radical (unpaired) electrons. The SMILES string of the molecule is Cc1ccc(CNC(=O)c2ccccc2S)cn1. The molecule has 0 aliphatic rings. The number of nitrogens with zero attached hydrogens (tertiary/aromatic N) is 1. The molecule has 0 aliphatic carbocycles. The Morgan fingerprint density at radius 2 is 2.06 bits per heavy atom. The van der Waals surface area contributed by atoms with Crippen LogP contribution < -0.4 is 5.32 Å². The molecule has 92 valence electrons. The maximum absolute atomic E-state index is 11.9. The number of aryl methyl sites for hydroxylation is 1. The van der Waals surface area contributed by atoms with Crippen molar-refractivity contribution in [2.75, 3.05) is 0 Å². The summed E-state index contributed by atoms with van der Waals surface area (Å²) in [5.74, 6) is -0.124. The van der Waals surface area contributed by atoms with E-state index in [1.54, 1.807) is 18.3 Å². The van der Waals surface area contributed by atoms with E-state index in [0.717, 1.165) is 11.3 Å². The fourth-order valence-corrected chi connectivity index (χ4v) is 1.81. The number of carbonyl (C=O) groups excluding carboxylic acids is 1. The molecule has 2 aromatic rings. The Hall–Kier alpha value is -1.81. The van der Waals surface area contributed by atoms with Crippen LogP contribution in [0, 0.1) is 6.92 Å². The summed E-state index contributed by atoms with van der Waals surface area (Å²) in [7, 11) is 0. The van der Waals surface area contributed by atoms with Crippen LogP contribution in [0.3, 0.4) is 0 Å². The van der Waals surface area contributed by atoms with E-state index >= 15 is 0 Å². The van der Waals surface area contributed by atoms with E-state index in [0.29, 0.717) is 17.0 Å². The lowest BCUT2D eigenvalue weighted by Crippen LogP contribution is -2.23. The first-order valence-corrected chi connectivity index (χ1v) is 6.09. The summed E-state index contributed by atoms with van der Waals surface area (Å²) < 4.78 is 0. The second kappa shape index (κ2) is 5.69. The van der Waals surface area contributed by atoms with Gasteiger partial charge in [-0.25, -0.2) is 0 Å². The molecule has 4 heteroatoms. The van der Waals surface area contributed by atoms with Gasteiger partial charge in [-0.15, -0.1) is 12.6 Å². The zero-order chi connectivity index (χ0) is 13.0. The van der Waals surface area contributed by atoms with Crippen molar-refractivity contribution in [3.63, 3.8) is 0 Å². The van der Waals surface area contributed by atoms with Crippen LogP contribution in [0.5, 0.6) is 0 Å². The smallest absolute Gasteiger partial charge is 0.252 e. The molecule has 0 unspecified atom stereocenters. The van der Waals surface area contributed by atoms with E-state index in [4.69, 9.17) is 0 Å². The van der Waals surface area contributed by atoms with Crippen LogP contribution in [0.4, 0.5) is 0 Å². The average Bonchev–Trinajstić information content (AvgIpc) is 2.38. The van der Waals surface area contributed by atoms with Gasteiger partial charge >= 0.3 is 0 Å². The van der Waals surface area contributed by atoms with Gasteiger partial charge in [0.1, 0.15) is 0 Å². The monoisotopic (exact) mass is 258 g/mol. The predicted molar refractivity (Wildman–Crippen MR) is 73.8 cm³/mol. The summed E-state index contributed by atoms with van der Waals surface area (Å²) in [6, 6.07) is 11.1. The summed E-state index contributed by atoms with van der Waals surface area (Å²) in [5, 5.41) is 2.85. The van der Waals surface area contributed by atoms with Gasteiger partial charge in [0.15, 0.2) is 0 Å². The molecule has 0 saturated carbocycles. The number of amides is 1. The third-order valence-corrected chi connectivity index (χ3v) is 2.96. The molecule has 1 heterocycles. The lowest BCUT2D eigenvalue weighted by Gasteiger charge is -2.07. The van der Waals surface area contributed by atoms with Crippen LogP contribution in [0.2, 0.25) is 0 Å². The number of nitrogens with one attached hydrogen (secondary N) is 1. The standard InChI is InChI=1S/C14H14N2OS/c1-10-6-7-11(8-15-10)9-16-14(17)12-4-2-3-5-13(12)18/h2-8,18H,9H2,1H3,(H,16,17). The van der Waals surface area contributed by atoms with E-state index in [9.17, 15) is 4.79 Å². The van der Waals surface area contributed by atoms with E-state index in [1.165, 1.54) is 0 Å². The van der Waals surface area contributed by atoms with E-state index < -0.39 is 0 Å². The van der Waals surface area contributed by atoms with Crippen molar-refractivity contribution in [2.24, 2.45) is 0 Å². The van der Waals surface area contributed by atoms with Crippen LogP contribution >= 0.6 is 12.6 Å². The Morgan fingerprint density at radius 1 is 1.28 bits per heavy atom. The second-order valence-electron chi connectivity index (χ2n) is 4.01. The Bertz CT molecular complexity index is 552. The third kappa shape index (κ3) is 3.11. The Kier molecular flexibility index (Phi) is 3.99. The van der Waals surface area contributed by atoms with Crippen LogP contribution in [0.15, 0.2) is 47.5 Å². The molecule has 1 N–H and O–H groups in total. The number of rotatable bonds is 3. The number of pyridine rings is 1. The number of aromatic nitrogens is 1. The van der Waals surface area contributed by atoms with Crippen molar-refractivity contribution >= 4 is 18.5 Å².